The van der Waals surface area contributed by atoms with Gasteiger partial charge in [-0.05, 0) is 89.2 Å². The highest BCUT2D eigenvalue weighted by Gasteiger charge is 2.34. The molecule has 2 amide bonds. The molecule has 0 radical (unpaired) electrons. The summed E-state index contributed by atoms with van der Waals surface area (Å²) in [5.74, 6) is 0.737. The molecule has 1 saturated heterocycles. The number of hydrogen-bond acceptors (Lipinski definition) is 7. The lowest BCUT2D eigenvalue weighted by Crippen LogP contribution is -2.44. The second kappa shape index (κ2) is 12.7. The molecule has 7 nitrogen and oxygen atoms in total. The van der Waals surface area contributed by atoms with Gasteiger partial charge in [0.1, 0.15) is 12.4 Å². The first kappa shape index (κ1) is 28.0. The molecule has 11 heteroatoms. The Balaban J connectivity index is 1.52. The number of carbonyl (C=O) groups excluding carboxylic acids is 2. The predicted molar refractivity (Wildman–Crippen MR) is 157 cm³/mol. The van der Waals surface area contributed by atoms with Crippen molar-refractivity contribution in [2.45, 2.75) is 13.5 Å². The van der Waals surface area contributed by atoms with E-state index in [2.05, 4.69) is 21.4 Å². The number of carbonyl (C=O) groups is 2. The summed E-state index contributed by atoms with van der Waals surface area (Å²) in [7, 11) is 1.54. The number of halogens is 2. The van der Waals surface area contributed by atoms with Gasteiger partial charge in [-0.3, -0.25) is 15.0 Å². The number of thiocarbonyl (C=S) groups is 1. The van der Waals surface area contributed by atoms with Gasteiger partial charge in [0.15, 0.2) is 15.8 Å². The number of nitrogens with zero attached hydrogens (tertiary/aromatic N) is 1. The third-order valence-corrected chi connectivity index (χ3v) is 7.58. The maximum Gasteiger partial charge on any atom is 0.285 e. The minimum absolute atomic E-state index is 0.215. The Morgan fingerprint density at radius 3 is 2.58 bits per heavy atom. The molecular formula is C27H22BrClN2O5S2. The van der Waals surface area contributed by atoms with E-state index in [1.807, 2.05) is 31.2 Å². The zero-order chi connectivity index (χ0) is 27.2. The lowest BCUT2D eigenvalue weighted by Gasteiger charge is -2.16. The minimum Gasteiger partial charge on any atom is -0.497 e. The molecule has 0 bridgehead atoms. The summed E-state index contributed by atoms with van der Waals surface area (Å²) in [6, 6.07) is 17.6. The van der Waals surface area contributed by atoms with Crippen LogP contribution in [-0.4, -0.2) is 34.9 Å². The van der Waals surface area contributed by atoms with Crippen molar-refractivity contribution in [2.75, 3.05) is 13.7 Å². The topological polar surface area (TPSA) is 77.1 Å². The largest absolute Gasteiger partial charge is 0.497 e. The fourth-order valence-corrected chi connectivity index (χ4v) is 5.41. The number of hydrogen-bond donors (Lipinski definition) is 1. The van der Waals surface area contributed by atoms with E-state index < -0.39 is 11.8 Å². The normalized spacial score (nSPS) is 14.1. The van der Waals surface area contributed by atoms with E-state index in [-0.39, 0.29) is 10.9 Å². The Labute approximate surface area is 243 Å². The molecule has 1 fully saturated rings. The molecule has 3 aromatic rings. The molecular weight excluding hydrogens is 612 g/mol. The fraction of sp³-hybridized carbons (Fsp3) is 0.148. The third-order valence-electron chi connectivity index (χ3n) is 5.32. The van der Waals surface area contributed by atoms with E-state index in [0.717, 1.165) is 22.3 Å². The van der Waals surface area contributed by atoms with Crippen LogP contribution >= 0.6 is 51.5 Å². The van der Waals surface area contributed by atoms with Crippen molar-refractivity contribution < 1.29 is 23.8 Å². The van der Waals surface area contributed by atoms with Crippen LogP contribution in [0.3, 0.4) is 0 Å². The third kappa shape index (κ3) is 6.50. The van der Waals surface area contributed by atoms with Gasteiger partial charge in [-0.2, -0.15) is 5.01 Å². The molecule has 38 heavy (non-hydrogen) atoms. The van der Waals surface area contributed by atoms with Gasteiger partial charge < -0.3 is 14.2 Å². The van der Waals surface area contributed by atoms with Gasteiger partial charge in [-0.1, -0.05) is 41.6 Å². The molecule has 0 saturated carbocycles. The van der Waals surface area contributed by atoms with Gasteiger partial charge in [0.2, 0.25) is 0 Å². The first-order valence-corrected chi connectivity index (χ1v) is 13.8. The van der Waals surface area contributed by atoms with Gasteiger partial charge in [-0.15, -0.1) is 0 Å². The maximum absolute atomic E-state index is 13.1. The maximum atomic E-state index is 13.1. The lowest BCUT2D eigenvalue weighted by atomic mass is 10.1. The van der Waals surface area contributed by atoms with Gasteiger partial charge in [0.05, 0.1) is 23.1 Å². The molecule has 1 heterocycles. The van der Waals surface area contributed by atoms with Crippen LogP contribution in [-0.2, 0) is 11.4 Å². The smallest absolute Gasteiger partial charge is 0.285 e. The highest BCUT2D eigenvalue weighted by molar-refractivity contribution is 9.10. The van der Waals surface area contributed by atoms with Crippen LogP contribution in [0.5, 0.6) is 17.2 Å². The molecule has 3 aromatic carbocycles. The molecule has 1 aliphatic rings. The zero-order valence-electron chi connectivity index (χ0n) is 20.3. The Morgan fingerprint density at radius 1 is 1.16 bits per heavy atom. The van der Waals surface area contributed by atoms with E-state index in [4.69, 9.17) is 38.0 Å². The number of benzene rings is 3. The van der Waals surface area contributed by atoms with Crippen molar-refractivity contribution >= 4 is 73.7 Å². The van der Waals surface area contributed by atoms with Crippen molar-refractivity contribution in [2.24, 2.45) is 0 Å². The monoisotopic (exact) mass is 632 g/mol. The first-order chi connectivity index (χ1) is 18.3. The summed E-state index contributed by atoms with van der Waals surface area (Å²) in [6.07, 6.45) is 1.68. The van der Waals surface area contributed by atoms with Gasteiger partial charge in [0.25, 0.3) is 11.8 Å². The van der Waals surface area contributed by atoms with E-state index in [9.17, 15) is 9.59 Å². The van der Waals surface area contributed by atoms with Crippen molar-refractivity contribution in [3.8, 4) is 17.2 Å². The van der Waals surface area contributed by atoms with E-state index in [1.165, 1.54) is 0 Å². The molecule has 0 unspecified atom stereocenters. The fourth-order valence-electron chi connectivity index (χ4n) is 3.46. The van der Waals surface area contributed by atoms with Crippen LogP contribution in [0.1, 0.15) is 28.4 Å². The van der Waals surface area contributed by atoms with Crippen molar-refractivity contribution in [1.82, 2.24) is 10.4 Å². The average molecular weight is 634 g/mol. The van der Waals surface area contributed by atoms with Crippen LogP contribution < -0.4 is 19.6 Å². The highest BCUT2D eigenvalue weighted by atomic mass is 79.9. The Hall–Kier alpha value is -3.05. The van der Waals surface area contributed by atoms with Gasteiger partial charge in [0, 0.05) is 16.1 Å². The summed E-state index contributed by atoms with van der Waals surface area (Å²) in [5, 5.41) is 1.68. The second-order valence-corrected chi connectivity index (χ2v) is 10.8. The van der Waals surface area contributed by atoms with Crippen LogP contribution in [0.2, 0.25) is 5.02 Å². The molecule has 0 spiro atoms. The van der Waals surface area contributed by atoms with Crippen LogP contribution in [0.4, 0.5) is 0 Å². The van der Waals surface area contributed by atoms with Gasteiger partial charge >= 0.3 is 0 Å². The number of thioether (sulfide) groups is 1. The Morgan fingerprint density at radius 2 is 1.89 bits per heavy atom. The molecule has 196 valence electrons. The number of nitrogens with one attached hydrogen (secondary N) is 1. The minimum atomic E-state index is -0.466. The van der Waals surface area contributed by atoms with Crippen molar-refractivity contribution in [3.63, 3.8) is 0 Å². The lowest BCUT2D eigenvalue weighted by molar-refractivity contribution is -0.123. The summed E-state index contributed by atoms with van der Waals surface area (Å²) in [6.45, 7) is 2.54. The summed E-state index contributed by atoms with van der Waals surface area (Å²) < 4.78 is 17.8. The highest BCUT2D eigenvalue weighted by Crippen LogP contribution is 2.40. The second-order valence-electron chi connectivity index (χ2n) is 7.83. The van der Waals surface area contributed by atoms with Gasteiger partial charge in [-0.25, -0.2) is 0 Å². The molecule has 0 aliphatic carbocycles. The number of methoxy groups -OCH3 is 1. The number of rotatable bonds is 9. The van der Waals surface area contributed by atoms with E-state index >= 15 is 0 Å². The molecule has 1 aliphatic heterocycles. The number of amides is 2. The van der Waals surface area contributed by atoms with Crippen LogP contribution in [0.15, 0.2) is 70.0 Å². The average Bonchev–Trinajstić information content (AvgIpc) is 3.16. The van der Waals surface area contributed by atoms with Crippen molar-refractivity contribution in [3.05, 3.63) is 91.8 Å². The molecule has 0 aromatic heterocycles. The molecule has 0 atom stereocenters. The first-order valence-electron chi connectivity index (χ1n) is 11.4. The predicted octanol–water partition coefficient (Wildman–Crippen LogP) is 6.64. The SMILES string of the molecule is CCOc1cc(/C=C2/SC(=S)N(NC(=O)c3ccc(OC)cc3)C2=O)cc(Br)c1OCc1ccccc1Cl. The molecule has 4 rings (SSSR count). The molecule has 1 N–H and O–H groups in total. The van der Waals surface area contributed by atoms with Crippen LogP contribution in [0, 0.1) is 0 Å². The van der Waals surface area contributed by atoms with Crippen LogP contribution in [0.25, 0.3) is 6.08 Å². The number of hydrazine groups is 1. The van der Waals surface area contributed by atoms with Crippen molar-refractivity contribution in [1.29, 1.82) is 0 Å². The standard InChI is InChI=1S/C27H22BrClN2O5S2/c1-3-35-22-13-16(12-20(28)24(22)36-15-18-6-4-5-7-21(18)29)14-23-26(33)31(27(37)38-23)30-25(32)17-8-10-19(34-2)11-9-17/h4-14H,3,15H2,1-2H3,(H,30,32)/b23-14+. The summed E-state index contributed by atoms with van der Waals surface area (Å²) >= 11 is 16.3. The Bertz CT molecular complexity index is 1420. The van der Waals surface area contributed by atoms with E-state index in [1.54, 1.807) is 49.6 Å². The summed E-state index contributed by atoms with van der Waals surface area (Å²) in [4.78, 5) is 26.1. The summed E-state index contributed by atoms with van der Waals surface area (Å²) in [5.41, 5.74) is 4.46. The number of ether oxygens (including phenoxy) is 3. The zero-order valence-corrected chi connectivity index (χ0v) is 24.3. The quantitative estimate of drug-likeness (QED) is 0.209. The Kier molecular flexibility index (Phi) is 9.32. The van der Waals surface area contributed by atoms with E-state index in [0.29, 0.717) is 49.4 Å².